The SMILES string of the molecule is [CH2-]CCCCC1NC(=O)C(CCCCNC)NC(=O)C(Cc2cn(C)c3ccccc23)NC(=O)C(CCC(C)=O)NC(=O)C(Cc2ccccc2)CC(=O)C(C(C)CC)NC1=O.[Y]. The van der Waals surface area contributed by atoms with Gasteiger partial charge in [0.05, 0.1) is 6.04 Å². The van der Waals surface area contributed by atoms with Crippen LogP contribution in [-0.2, 0) is 86.2 Å². The number of Topliss-reactive ketones (excluding diaryl/α,β-unsaturated/α-hetero) is 2. The van der Waals surface area contributed by atoms with E-state index < -0.39 is 65.7 Å². The first-order chi connectivity index (χ1) is 29.8. The van der Waals surface area contributed by atoms with Crippen molar-refractivity contribution in [2.24, 2.45) is 18.9 Å². The number of para-hydroxylation sites is 1. The molecule has 14 nitrogen and oxygen atoms in total. The van der Waals surface area contributed by atoms with Gasteiger partial charge in [-0.3, -0.25) is 28.8 Å². The molecule has 15 heteroatoms. The monoisotopic (exact) mass is 943 g/mol. The van der Waals surface area contributed by atoms with E-state index in [0.717, 1.165) is 22.0 Å². The van der Waals surface area contributed by atoms with Crippen LogP contribution in [0.3, 0.4) is 0 Å². The van der Waals surface area contributed by atoms with Crippen LogP contribution in [0.25, 0.3) is 10.9 Å². The normalized spacial score (nSPS) is 22.4. The van der Waals surface area contributed by atoms with Crippen molar-refractivity contribution in [3.8, 4) is 0 Å². The Morgan fingerprint density at radius 1 is 0.746 bits per heavy atom. The summed E-state index contributed by atoms with van der Waals surface area (Å²) < 4.78 is 1.93. The molecule has 63 heavy (non-hydrogen) atoms. The van der Waals surface area contributed by atoms with Crippen molar-refractivity contribution in [2.75, 3.05) is 13.6 Å². The van der Waals surface area contributed by atoms with E-state index in [2.05, 4.69) is 38.8 Å². The van der Waals surface area contributed by atoms with Gasteiger partial charge in [-0.05, 0) is 82.2 Å². The zero-order chi connectivity index (χ0) is 45.2. The number of rotatable bonds is 18. The van der Waals surface area contributed by atoms with E-state index in [9.17, 15) is 33.6 Å². The zero-order valence-electron chi connectivity index (χ0n) is 37.8. The number of benzene rings is 2. The van der Waals surface area contributed by atoms with E-state index in [-0.39, 0.29) is 95.1 Å². The third kappa shape index (κ3) is 16.3. The topological polar surface area (TPSA) is 197 Å². The second-order valence-corrected chi connectivity index (χ2v) is 16.8. The Bertz CT molecular complexity index is 1990. The molecule has 2 aromatic carbocycles. The molecule has 1 saturated heterocycles. The fourth-order valence-electron chi connectivity index (χ4n) is 8.01. The number of hydrogen-bond donors (Lipinski definition) is 6. The Morgan fingerprint density at radius 3 is 1.92 bits per heavy atom. The maximum Gasteiger partial charge on any atom is 0.243 e. The fraction of sp³-hybridized carbons (Fsp3) is 0.542. The Balaban J connectivity index is 0.0000106. The summed E-state index contributed by atoms with van der Waals surface area (Å²) in [6.07, 6.45) is 5.98. The number of nitrogens with one attached hydrogen (secondary N) is 6. The molecule has 341 valence electrons. The molecule has 1 aromatic heterocycles. The van der Waals surface area contributed by atoms with E-state index >= 15 is 0 Å². The van der Waals surface area contributed by atoms with Gasteiger partial charge in [0.15, 0.2) is 5.78 Å². The van der Waals surface area contributed by atoms with Crippen molar-refractivity contribution in [3.63, 3.8) is 0 Å². The van der Waals surface area contributed by atoms with Crippen LogP contribution in [-0.4, -0.2) is 89.5 Å². The number of aryl methyl sites for hydroxylation is 1. The minimum Gasteiger partial charge on any atom is -0.350 e. The molecule has 7 atom stereocenters. The van der Waals surface area contributed by atoms with E-state index in [1.54, 1.807) is 0 Å². The summed E-state index contributed by atoms with van der Waals surface area (Å²) in [5.74, 6) is -4.80. The first kappa shape index (κ1) is 53.1. The van der Waals surface area contributed by atoms with Crippen LogP contribution in [0.15, 0.2) is 60.8 Å². The number of carbonyl (C=O) groups is 7. The standard InChI is InChI=1S/C48H68N7O7.Y/c1-7-9-11-21-38-47(61)54-43(31(3)8-2)42(57)29-34(27-33-18-12-10-13-19-33)44(58)50-39(25-24-32(4)56)46(60)53-40(28-35-30-55(6)41-23-15-14-20-36(35)41)48(62)52-37(45(59)51-38)22-16-17-26-49-5;/h10,12-15,18-20,23,30-31,34,37-40,43,49H,1,7-9,11,16-17,21-22,24-29H2,2-6H3,(H,50,58)(H,51,59)(H,52,62)(H,53,60)(H,54,61);/q-1;. The average Bonchev–Trinajstić information content (AvgIpc) is 3.57. The minimum absolute atomic E-state index is 0. The number of carbonyl (C=O) groups excluding carboxylic acids is 7. The first-order valence-corrected chi connectivity index (χ1v) is 22.3. The molecule has 5 amide bonds. The maximum absolute atomic E-state index is 14.6. The second-order valence-electron chi connectivity index (χ2n) is 16.8. The Kier molecular flexibility index (Phi) is 22.9. The van der Waals surface area contributed by atoms with Gasteiger partial charge in [-0.15, -0.1) is 0 Å². The van der Waals surface area contributed by atoms with E-state index in [1.165, 1.54) is 6.92 Å². The molecule has 0 aliphatic carbocycles. The van der Waals surface area contributed by atoms with Crippen LogP contribution in [0.5, 0.6) is 0 Å². The molecule has 6 N–H and O–H groups in total. The first-order valence-electron chi connectivity index (χ1n) is 22.3. The quantitative estimate of drug-likeness (QED) is 0.0808. The van der Waals surface area contributed by atoms with Gasteiger partial charge in [-0.1, -0.05) is 81.6 Å². The summed E-state index contributed by atoms with van der Waals surface area (Å²) in [6, 6.07) is 11.3. The van der Waals surface area contributed by atoms with Crippen molar-refractivity contribution in [3.05, 3.63) is 78.8 Å². The van der Waals surface area contributed by atoms with Crippen molar-refractivity contribution in [1.29, 1.82) is 0 Å². The Hall–Kier alpha value is -4.27. The molecule has 7 unspecified atom stereocenters. The number of nitrogens with zero attached hydrogens (tertiary/aromatic N) is 1. The van der Waals surface area contributed by atoms with E-state index in [0.29, 0.717) is 45.1 Å². The van der Waals surface area contributed by atoms with Gasteiger partial charge in [0, 0.05) is 82.0 Å². The summed E-state index contributed by atoms with van der Waals surface area (Å²) in [4.78, 5) is 98.8. The summed E-state index contributed by atoms with van der Waals surface area (Å²) in [5.41, 5.74) is 2.47. The molecule has 1 aliphatic heterocycles. The van der Waals surface area contributed by atoms with Crippen LogP contribution in [0.4, 0.5) is 0 Å². The van der Waals surface area contributed by atoms with Crippen molar-refractivity contribution >= 4 is 52.0 Å². The van der Waals surface area contributed by atoms with Gasteiger partial charge >= 0.3 is 0 Å². The number of aromatic nitrogens is 1. The number of hydrogen-bond acceptors (Lipinski definition) is 8. The van der Waals surface area contributed by atoms with Gasteiger partial charge in [0.2, 0.25) is 29.5 Å². The van der Waals surface area contributed by atoms with Crippen molar-refractivity contribution in [1.82, 2.24) is 36.5 Å². The van der Waals surface area contributed by atoms with Gasteiger partial charge in [-0.25, -0.2) is 0 Å². The smallest absolute Gasteiger partial charge is 0.243 e. The third-order valence-corrected chi connectivity index (χ3v) is 11.9. The summed E-state index contributed by atoms with van der Waals surface area (Å²) in [6.45, 7) is 9.76. The van der Waals surface area contributed by atoms with E-state index in [4.69, 9.17) is 0 Å². The molecule has 2 heterocycles. The third-order valence-electron chi connectivity index (χ3n) is 11.9. The largest absolute Gasteiger partial charge is 0.350 e. The Morgan fingerprint density at radius 2 is 1.30 bits per heavy atom. The van der Waals surface area contributed by atoms with Gasteiger partial charge in [-0.2, -0.15) is 6.42 Å². The van der Waals surface area contributed by atoms with Crippen LogP contribution in [0, 0.1) is 18.8 Å². The van der Waals surface area contributed by atoms with Crippen LogP contribution in [0.1, 0.15) is 103 Å². The molecule has 1 fully saturated rings. The summed E-state index contributed by atoms with van der Waals surface area (Å²) in [5, 5.41) is 18.5. The molecule has 1 radical (unpaired) electrons. The van der Waals surface area contributed by atoms with Crippen molar-refractivity contribution < 1.29 is 66.3 Å². The maximum atomic E-state index is 14.6. The molecule has 0 bridgehead atoms. The minimum atomic E-state index is -1.24. The summed E-state index contributed by atoms with van der Waals surface area (Å²) in [7, 11) is 3.71. The van der Waals surface area contributed by atoms with Crippen LogP contribution >= 0.6 is 0 Å². The zero-order valence-corrected chi connectivity index (χ0v) is 40.6. The predicted octanol–water partition coefficient (Wildman–Crippen LogP) is 4.17. The Labute approximate surface area is 398 Å². The second kappa shape index (κ2) is 27.1. The summed E-state index contributed by atoms with van der Waals surface area (Å²) >= 11 is 0. The molecule has 1 aliphatic rings. The predicted molar refractivity (Wildman–Crippen MR) is 241 cm³/mol. The average molecular weight is 944 g/mol. The molecule has 0 spiro atoms. The van der Waals surface area contributed by atoms with Gasteiger partial charge in [0.25, 0.3) is 0 Å². The van der Waals surface area contributed by atoms with Gasteiger partial charge in [0.1, 0.15) is 30.0 Å². The van der Waals surface area contributed by atoms with Crippen molar-refractivity contribution in [2.45, 2.75) is 134 Å². The number of amides is 5. The number of unbranched alkanes of at least 4 members (excludes halogenated alkanes) is 3. The van der Waals surface area contributed by atoms with E-state index in [1.807, 2.05) is 93.3 Å². The molecular weight excluding hydrogens is 875 g/mol. The van der Waals surface area contributed by atoms with Gasteiger partial charge < -0.3 is 48.2 Å². The number of ketones is 2. The van der Waals surface area contributed by atoms with Crippen LogP contribution < -0.4 is 31.9 Å². The molecular formula is C48H68N7O7Y-. The molecule has 4 rings (SSSR count). The number of fused-ring (bicyclic) bond motifs is 1. The van der Waals surface area contributed by atoms with Crippen LogP contribution in [0.2, 0.25) is 0 Å². The molecule has 0 saturated carbocycles. The fourth-order valence-corrected chi connectivity index (χ4v) is 8.01. The molecule has 3 aromatic rings.